The third-order valence-electron chi connectivity index (χ3n) is 5.88. The van der Waals surface area contributed by atoms with Crippen molar-refractivity contribution in [3.63, 3.8) is 0 Å². The first-order valence-corrected chi connectivity index (χ1v) is 9.90. The minimum atomic E-state index is -3.45. The summed E-state index contributed by atoms with van der Waals surface area (Å²) in [4.78, 5) is 11.2. The van der Waals surface area contributed by atoms with Crippen molar-refractivity contribution < 1.29 is 18.3 Å². The number of hydrogen-bond acceptors (Lipinski definition) is 4. The molecule has 4 aliphatic rings. The SMILES string of the molecule is CNC(=O)C(O)CNS(=O)(=O)CC1C2CC3CC(C2)CC1C3. The summed E-state index contributed by atoms with van der Waals surface area (Å²) >= 11 is 0. The highest BCUT2D eigenvalue weighted by atomic mass is 32.2. The van der Waals surface area contributed by atoms with Crippen LogP contribution in [0.3, 0.4) is 0 Å². The van der Waals surface area contributed by atoms with E-state index >= 15 is 0 Å². The number of hydrogen-bond donors (Lipinski definition) is 3. The zero-order valence-electron chi connectivity index (χ0n) is 13.0. The summed E-state index contributed by atoms with van der Waals surface area (Å²) in [5, 5.41) is 11.9. The Labute approximate surface area is 132 Å². The van der Waals surface area contributed by atoms with Crippen LogP contribution < -0.4 is 10.0 Å². The van der Waals surface area contributed by atoms with Crippen molar-refractivity contribution in [2.24, 2.45) is 29.6 Å². The molecule has 7 heteroatoms. The maximum atomic E-state index is 12.3. The first kappa shape index (κ1) is 16.2. The summed E-state index contributed by atoms with van der Waals surface area (Å²) in [6.07, 6.45) is 4.77. The van der Waals surface area contributed by atoms with Gasteiger partial charge in [0, 0.05) is 13.6 Å². The Hall–Kier alpha value is -0.660. The average Bonchev–Trinajstić information content (AvgIpc) is 2.47. The number of aliphatic hydroxyl groups is 1. The van der Waals surface area contributed by atoms with Crippen molar-refractivity contribution in [1.29, 1.82) is 0 Å². The number of nitrogens with one attached hydrogen (secondary N) is 2. The summed E-state index contributed by atoms with van der Waals surface area (Å²) in [5.41, 5.74) is 0. The van der Waals surface area contributed by atoms with Crippen LogP contribution in [0.5, 0.6) is 0 Å². The second-order valence-electron chi connectivity index (χ2n) is 7.35. The lowest BCUT2D eigenvalue weighted by Gasteiger charge is -2.54. The van der Waals surface area contributed by atoms with Gasteiger partial charge < -0.3 is 10.4 Å². The lowest BCUT2D eigenvalue weighted by Crippen LogP contribution is -2.49. The summed E-state index contributed by atoms with van der Waals surface area (Å²) < 4.78 is 27.0. The molecule has 0 aromatic heterocycles. The Bertz CT molecular complexity index is 506. The van der Waals surface area contributed by atoms with Crippen molar-refractivity contribution in [2.45, 2.75) is 38.2 Å². The maximum absolute atomic E-state index is 12.3. The lowest BCUT2D eigenvalue weighted by atomic mass is 9.52. The van der Waals surface area contributed by atoms with Crippen molar-refractivity contribution in [3.8, 4) is 0 Å². The highest BCUT2D eigenvalue weighted by Crippen LogP contribution is 2.56. The number of rotatable bonds is 6. The standard InChI is InChI=1S/C15H26N2O4S/c1-16-15(19)14(18)7-17-22(20,21)8-13-11-3-9-2-10(5-11)6-12(13)4-9/h9-14,17-18H,2-8H2,1H3,(H,16,19). The van der Waals surface area contributed by atoms with Gasteiger partial charge in [-0.05, 0) is 61.7 Å². The largest absolute Gasteiger partial charge is 0.382 e. The van der Waals surface area contributed by atoms with Crippen LogP contribution in [0, 0.1) is 29.6 Å². The lowest BCUT2D eigenvalue weighted by molar-refractivity contribution is -0.128. The normalized spacial score (nSPS) is 38.0. The molecule has 1 atom stereocenters. The molecule has 4 rings (SSSR count). The molecule has 6 nitrogen and oxygen atoms in total. The minimum absolute atomic E-state index is 0.141. The number of likely N-dealkylation sites (N-methyl/N-ethyl adjacent to an activating group) is 1. The quantitative estimate of drug-likeness (QED) is 0.643. The number of aliphatic hydroxyl groups excluding tert-OH is 1. The number of sulfonamides is 1. The fourth-order valence-corrected chi connectivity index (χ4v) is 6.67. The van der Waals surface area contributed by atoms with E-state index in [0.717, 1.165) is 11.8 Å². The van der Waals surface area contributed by atoms with Crippen molar-refractivity contribution in [2.75, 3.05) is 19.3 Å². The fourth-order valence-electron chi connectivity index (χ4n) is 5.09. The Balaban J connectivity index is 1.57. The second-order valence-corrected chi connectivity index (χ2v) is 9.21. The van der Waals surface area contributed by atoms with Crippen molar-refractivity contribution in [3.05, 3.63) is 0 Å². The second kappa shape index (κ2) is 6.09. The van der Waals surface area contributed by atoms with Crippen LogP contribution in [0.4, 0.5) is 0 Å². The fraction of sp³-hybridized carbons (Fsp3) is 0.933. The monoisotopic (exact) mass is 330 g/mol. The van der Waals surface area contributed by atoms with Crippen LogP contribution in [0.2, 0.25) is 0 Å². The van der Waals surface area contributed by atoms with E-state index in [2.05, 4.69) is 10.0 Å². The molecule has 22 heavy (non-hydrogen) atoms. The van der Waals surface area contributed by atoms with E-state index in [1.54, 1.807) is 0 Å². The Morgan fingerprint density at radius 3 is 2.18 bits per heavy atom. The van der Waals surface area contributed by atoms with Gasteiger partial charge in [-0.3, -0.25) is 4.79 Å². The third-order valence-corrected chi connectivity index (χ3v) is 7.31. The molecule has 1 amide bonds. The van der Waals surface area contributed by atoms with E-state index in [-0.39, 0.29) is 18.2 Å². The van der Waals surface area contributed by atoms with Crippen molar-refractivity contribution >= 4 is 15.9 Å². The van der Waals surface area contributed by atoms with Crippen LogP contribution in [-0.4, -0.2) is 44.9 Å². The number of carbonyl (C=O) groups is 1. The van der Waals surface area contributed by atoms with Crippen LogP contribution in [-0.2, 0) is 14.8 Å². The van der Waals surface area contributed by atoms with Crippen molar-refractivity contribution in [1.82, 2.24) is 10.0 Å². The van der Waals surface area contributed by atoms with Gasteiger partial charge in [0.1, 0.15) is 6.10 Å². The van der Waals surface area contributed by atoms with E-state index < -0.39 is 22.0 Å². The summed E-state index contributed by atoms with van der Waals surface area (Å²) in [6, 6.07) is 0. The predicted octanol–water partition coefficient (Wildman–Crippen LogP) is 0.0850. The Morgan fingerprint density at radius 1 is 1.14 bits per heavy atom. The Kier molecular flexibility index (Phi) is 4.49. The molecule has 0 saturated heterocycles. The van der Waals surface area contributed by atoms with Gasteiger partial charge in [-0.2, -0.15) is 0 Å². The van der Waals surface area contributed by atoms with Crippen LogP contribution in [0.1, 0.15) is 32.1 Å². The van der Waals surface area contributed by atoms with Gasteiger partial charge in [-0.15, -0.1) is 0 Å². The van der Waals surface area contributed by atoms with Gasteiger partial charge in [0.25, 0.3) is 0 Å². The van der Waals surface area contributed by atoms with E-state index in [9.17, 15) is 18.3 Å². The first-order chi connectivity index (χ1) is 10.4. The first-order valence-electron chi connectivity index (χ1n) is 8.25. The Morgan fingerprint density at radius 2 is 1.68 bits per heavy atom. The van der Waals surface area contributed by atoms with Gasteiger partial charge >= 0.3 is 0 Å². The smallest absolute Gasteiger partial charge is 0.249 e. The van der Waals surface area contributed by atoms with E-state index in [1.807, 2.05) is 0 Å². The van der Waals surface area contributed by atoms with Crippen LogP contribution >= 0.6 is 0 Å². The zero-order chi connectivity index (χ0) is 15.9. The molecular formula is C15H26N2O4S. The van der Waals surface area contributed by atoms with Gasteiger partial charge in [0.2, 0.25) is 15.9 Å². The number of amides is 1. The zero-order valence-corrected chi connectivity index (χ0v) is 13.8. The molecular weight excluding hydrogens is 304 g/mol. The van der Waals surface area contributed by atoms with E-state index in [0.29, 0.717) is 11.8 Å². The third kappa shape index (κ3) is 3.31. The van der Waals surface area contributed by atoms with Crippen LogP contribution in [0.25, 0.3) is 0 Å². The molecule has 4 saturated carbocycles. The summed E-state index contributed by atoms with van der Waals surface area (Å²) in [7, 11) is -2.04. The molecule has 4 aliphatic carbocycles. The van der Waals surface area contributed by atoms with Gasteiger partial charge in [-0.1, -0.05) is 0 Å². The molecule has 3 N–H and O–H groups in total. The summed E-state index contributed by atoms with van der Waals surface area (Å²) in [6.45, 7) is -0.255. The summed E-state index contributed by atoms with van der Waals surface area (Å²) in [5.74, 6) is 2.57. The molecule has 1 unspecified atom stereocenters. The molecule has 0 aliphatic heterocycles. The van der Waals surface area contributed by atoms with Gasteiger partial charge in [0.15, 0.2) is 0 Å². The molecule has 4 bridgehead atoms. The van der Waals surface area contributed by atoms with Crippen LogP contribution in [0.15, 0.2) is 0 Å². The highest BCUT2D eigenvalue weighted by Gasteiger charge is 2.49. The van der Waals surface area contributed by atoms with E-state index in [1.165, 1.54) is 39.2 Å². The molecule has 0 aromatic rings. The van der Waals surface area contributed by atoms with E-state index in [4.69, 9.17) is 0 Å². The highest BCUT2D eigenvalue weighted by molar-refractivity contribution is 7.89. The predicted molar refractivity (Wildman–Crippen MR) is 82.4 cm³/mol. The van der Waals surface area contributed by atoms with Gasteiger partial charge in [-0.25, -0.2) is 13.1 Å². The molecule has 0 heterocycles. The molecule has 4 fully saturated rings. The number of carbonyl (C=O) groups excluding carboxylic acids is 1. The molecule has 0 aromatic carbocycles. The average molecular weight is 330 g/mol. The molecule has 126 valence electrons. The maximum Gasteiger partial charge on any atom is 0.249 e. The molecule has 0 spiro atoms. The minimum Gasteiger partial charge on any atom is -0.382 e. The molecule has 0 radical (unpaired) electrons. The topological polar surface area (TPSA) is 95.5 Å². The van der Waals surface area contributed by atoms with Gasteiger partial charge in [0.05, 0.1) is 5.75 Å².